The van der Waals surface area contributed by atoms with Crippen LogP contribution in [0.3, 0.4) is 0 Å². The smallest absolute Gasteiger partial charge is 0.341 e. The molecule has 0 fully saturated rings. The minimum Gasteiger partial charge on any atom is -0.505 e. The highest BCUT2D eigenvalue weighted by atomic mass is 35.5. The molecule has 1 atom stereocenters. The van der Waals surface area contributed by atoms with Crippen molar-refractivity contribution in [1.82, 2.24) is 0 Å². The Hall–Kier alpha value is -2.84. The summed E-state index contributed by atoms with van der Waals surface area (Å²) in [6.07, 6.45) is 0. The number of aromatic hydroxyl groups is 2. The van der Waals surface area contributed by atoms with Gasteiger partial charge in [-0.05, 0) is 12.1 Å². The molecule has 0 saturated carbocycles. The number of phenols is 2. The SMILES string of the molecule is O=C1OC2(c3ccccc31)c1cc(Cl)c(O)c(Cl)c1Oc1c(Cl)c(O)c(C(=O)O)c(Cl)c12. The lowest BCUT2D eigenvalue weighted by atomic mass is 9.77. The summed E-state index contributed by atoms with van der Waals surface area (Å²) in [5.41, 5.74) is -2.19. The first-order valence-electron chi connectivity index (χ1n) is 8.81. The third kappa shape index (κ3) is 2.45. The summed E-state index contributed by atoms with van der Waals surface area (Å²) >= 11 is 25.2. The molecule has 2 heterocycles. The van der Waals surface area contributed by atoms with Gasteiger partial charge in [0, 0.05) is 5.56 Å². The van der Waals surface area contributed by atoms with Gasteiger partial charge in [-0.15, -0.1) is 0 Å². The van der Waals surface area contributed by atoms with Gasteiger partial charge in [0.25, 0.3) is 0 Å². The summed E-state index contributed by atoms with van der Waals surface area (Å²) in [4.78, 5) is 24.7. The summed E-state index contributed by atoms with van der Waals surface area (Å²) in [6.45, 7) is 0. The molecule has 5 rings (SSSR count). The molecular weight excluding hydrogens is 506 g/mol. The van der Waals surface area contributed by atoms with E-state index in [1.165, 1.54) is 12.1 Å². The Balaban J connectivity index is 2.03. The number of phenolic OH excluding ortho intramolecular Hbond substituents is 1. The van der Waals surface area contributed by atoms with Crippen molar-refractivity contribution in [2.45, 2.75) is 5.60 Å². The first-order valence-corrected chi connectivity index (χ1v) is 10.3. The van der Waals surface area contributed by atoms with Crippen molar-refractivity contribution < 1.29 is 34.4 Å². The van der Waals surface area contributed by atoms with Gasteiger partial charge in [0.1, 0.15) is 15.6 Å². The largest absolute Gasteiger partial charge is 0.505 e. The van der Waals surface area contributed by atoms with E-state index in [4.69, 9.17) is 55.9 Å². The molecule has 32 heavy (non-hydrogen) atoms. The van der Waals surface area contributed by atoms with Crippen LogP contribution in [0.5, 0.6) is 23.0 Å². The number of hydrogen-bond acceptors (Lipinski definition) is 6. The number of benzene rings is 3. The number of carboxylic acids is 1. The predicted octanol–water partition coefficient (Wildman–Crippen LogP) is 5.98. The van der Waals surface area contributed by atoms with E-state index in [-0.39, 0.29) is 43.8 Å². The van der Waals surface area contributed by atoms with E-state index in [0.29, 0.717) is 0 Å². The van der Waals surface area contributed by atoms with Crippen LogP contribution in [0.25, 0.3) is 0 Å². The minimum atomic E-state index is -1.88. The van der Waals surface area contributed by atoms with Crippen LogP contribution in [0.4, 0.5) is 0 Å². The average Bonchev–Trinajstić information content (AvgIpc) is 3.04. The molecule has 162 valence electrons. The second-order valence-electron chi connectivity index (χ2n) is 6.98. The highest BCUT2D eigenvalue weighted by Gasteiger charge is 2.57. The fraction of sp³-hybridized carbons (Fsp3) is 0.0476. The van der Waals surface area contributed by atoms with Gasteiger partial charge in [0.2, 0.25) is 0 Å². The Labute approximate surface area is 199 Å². The van der Waals surface area contributed by atoms with Gasteiger partial charge in [-0.25, -0.2) is 9.59 Å². The summed E-state index contributed by atoms with van der Waals surface area (Å²) in [5.74, 6) is -4.12. The maximum Gasteiger partial charge on any atom is 0.341 e. The Bertz CT molecular complexity index is 1400. The van der Waals surface area contributed by atoms with Gasteiger partial charge < -0.3 is 24.8 Å². The molecular formula is C21H8Cl4O7. The number of carbonyl (C=O) groups excluding carboxylic acids is 1. The van der Waals surface area contributed by atoms with Gasteiger partial charge in [0.15, 0.2) is 28.6 Å². The maximum absolute atomic E-state index is 12.9. The molecule has 0 amide bonds. The molecule has 0 saturated heterocycles. The van der Waals surface area contributed by atoms with Crippen molar-refractivity contribution in [2.75, 3.05) is 0 Å². The standard InChI is InChI=1S/C21H8Cl4O7/c22-9-5-8-17(13(24)15(9)26)31-18-11(12(23)10(19(28)29)16(27)14(18)25)21(8)7-4-2-1-3-6(7)20(30)32-21/h1-5,26-27H,(H,28,29). The van der Waals surface area contributed by atoms with E-state index < -0.39 is 44.6 Å². The van der Waals surface area contributed by atoms with E-state index >= 15 is 0 Å². The zero-order chi connectivity index (χ0) is 23.1. The first-order chi connectivity index (χ1) is 15.1. The van der Waals surface area contributed by atoms with Gasteiger partial charge in [0.05, 0.1) is 26.7 Å². The minimum absolute atomic E-state index is 0.0797. The molecule has 7 nitrogen and oxygen atoms in total. The van der Waals surface area contributed by atoms with Crippen molar-refractivity contribution >= 4 is 58.3 Å². The Kier molecular flexibility index (Phi) is 4.49. The number of ether oxygens (including phenoxy) is 2. The van der Waals surface area contributed by atoms with E-state index in [1.807, 2.05) is 0 Å². The lowest BCUT2D eigenvalue weighted by molar-refractivity contribution is 0.0224. The van der Waals surface area contributed by atoms with Gasteiger partial charge in [-0.1, -0.05) is 64.6 Å². The second-order valence-corrected chi connectivity index (χ2v) is 8.52. The molecule has 1 unspecified atom stereocenters. The molecule has 3 aromatic carbocycles. The second kappa shape index (κ2) is 6.83. The van der Waals surface area contributed by atoms with E-state index in [0.717, 1.165) is 0 Å². The lowest BCUT2D eigenvalue weighted by Gasteiger charge is -2.38. The van der Waals surface area contributed by atoms with Gasteiger partial charge in [-0.3, -0.25) is 0 Å². The maximum atomic E-state index is 12.9. The first kappa shape index (κ1) is 21.0. The highest BCUT2D eigenvalue weighted by molar-refractivity contribution is 6.40. The molecule has 0 aliphatic carbocycles. The summed E-state index contributed by atoms with van der Waals surface area (Å²) in [6, 6.07) is 7.61. The molecule has 2 aliphatic heterocycles. The summed E-state index contributed by atoms with van der Waals surface area (Å²) < 4.78 is 11.6. The quantitative estimate of drug-likeness (QED) is 0.343. The van der Waals surface area contributed by atoms with Crippen molar-refractivity contribution in [3.8, 4) is 23.0 Å². The fourth-order valence-corrected chi connectivity index (χ4v) is 5.16. The van der Waals surface area contributed by atoms with Crippen LogP contribution in [-0.2, 0) is 10.3 Å². The number of carbonyl (C=O) groups is 2. The molecule has 1 spiro atoms. The zero-order valence-corrected chi connectivity index (χ0v) is 18.4. The summed E-state index contributed by atoms with van der Waals surface area (Å²) in [5, 5.41) is 28.8. The average molecular weight is 514 g/mol. The monoisotopic (exact) mass is 512 g/mol. The number of aromatic carboxylic acids is 1. The highest BCUT2D eigenvalue weighted by Crippen LogP contribution is 2.64. The Morgan fingerprint density at radius 2 is 1.56 bits per heavy atom. The van der Waals surface area contributed by atoms with Crippen LogP contribution < -0.4 is 4.74 Å². The number of esters is 1. The van der Waals surface area contributed by atoms with Crippen LogP contribution in [-0.4, -0.2) is 27.3 Å². The van der Waals surface area contributed by atoms with Crippen LogP contribution >= 0.6 is 46.4 Å². The third-order valence-electron chi connectivity index (χ3n) is 5.38. The fourth-order valence-electron chi connectivity index (χ4n) is 4.05. The topological polar surface area (TPSA) is 113 Å². The molecule has 0 bridgehead atoms. The molecule has 2 aliphatic rings. The Morgan fingerprint density at radius 1 is 0.906 bits per heavy atom. The van der Waals surface area contributed by atoms with E-state index in [2.05, 4.69) is 0 Å². The molecule has 0 radical (unpaired) electrons. The van der Waals surface area contributed by atoms with Gasteiger partial charge in [-0.2, -0.15) is 0 Å². The molecule has 0 aromatic heterocycles. The number of hydrogen-bond donors (Lipinski definition) is 3. The van der Waals surface area contributed by atoms with Crippen LogP contribution in [0.1, 0.15) is 37.4 Å². The van der Waals surface area contributed by atoms with E-state index in [1.54, 1.807) is 18.2 Å². The third-order valence-corrected chi connectivity index (χ3v) is 6.75. The number of fused-ring (bicyclic) bond motifs is 6. The van der Waals surface area contributed by atoms with Crippen molar-refractivity contribution in [3.63, 3.8) is 0 Å². The number of rotatable bonds is 1. The lowest BCUT2D eigenvalue weighted by Crippen LogP contribution is -2.34. The van der Waals surface area contributed by atoms with Crippen molar-refractivity contribution in [1.29, 1.82) is 0 Å². The number of halogens is 4. The predicted molar refractivity (Wildman–Crippen MR) is 115 cm³/mol. The zero-order valence-electron chi connectivity index (χ0n) is 15.4. The normalized spacial score (nSPS) is 17.9. The van der Waals surface area contributed by atoms with Crippen molar-refractivity contribution in [3.05, 3.63) is 78.2 Å². The van der Waals surface area contributed by atoms with Crippen LogP contribution in [0.15, 0.2) is 30.3 Å². The van der Waals surface area contributed by atoms with Crippen LogP contribution in [0, 0.1) is 0 Å². The molecule has 3 aromatic rings. The van der Waals surface area contributed by atoms with Gasteiger partial charge >= 0.3 is 11.9 Å². The van der Waals surface area contributed by atoms with Crippen molar-refractivity contribution in [2.24, 2.45) is 0 Å². The van der Waals surface area contributed by atoms with E-state index in [9.17, 15) is 24.9 Å². The molecule has 3 N–H and O–H groups in total. The van der Waals surface area contributed by atoms with Crippen LogP contribution in [0.2, 0.25) is 20.1 Å². The molecule has 11 heteroatoms. The Morgan fingerprint density at radius 3 is 2.25 bits per heavy atom. The number of carboxylic acid groups (broad SMARTS) is 1. The summed E-state index contributed by atoms with van der Waals surface area (Å²) in [7, 11) is 0.